The molecule has 35 heavy (non-hydrogen) atoms. The summed E-state index contributed by atoms with van der Waals surface area (Å²) in [6.45, 7) is 7.14. The number of hydrogen-bond acceptors (Lipinski definition) is 8. The Kier molecular flexibility index (Phi) is 8.10. The van der Waals surface area contributed by atoms with Crippen molar-refractivity contribution < 1.29 is 13.9 Å². The highest BCUT2D eigenvalue weighted by molar-refractivity contribution is 7.99. The Morgan fingerprint density at radius 3 is 2.51 bits per heavy atom. The van der Waals surface area contributed by atoms with Crippen molar-refractivity contribution in [3.63, 3.8) is 0 Å². The minimum atomic E-state index is -0.345. The molecule has 1 aromatic carbocycles. The number of furan rings is 1. The van der Waals surface area contributed by atoms with Crippen molar-refractivity contribution in [1.29, 1.82) is 5.26 Å². The van der Waals surface area contributed by atoms with E-state index in [1.807, 2.05) is 45.9 Å². The molecule has 1 atom stereocenters. The summed E-state index contributed by atoms with van der Waals surface area (Å²) in [5, 5.41) is 19.2. The Morgan fingerprint density at radius 1 is 1.17 bits per heavy atom. The van der Waals surface area contributed by atoms with Crippen molar-refractivity contribution >= 4 is 17.7 Å². The van der Waals surface area contributed by atoms with Crippen LogP contribution in [0.2, 0.25) is 0 Å². The van der Waals surface area contributed by atoms with E-state index in [9.17, 15) is 10.1 Å². The van der Waals surface area contributed by atoms with Gasteiger partial charge in [0.05, 0.1) is 31.7 Å². The zero-order chi connectivity index (χ0) is 24.8. The summed E-state index contributed by atoms with van der Waals surface area (Å²) in [5.41, 5.74) is 0.931. The lowest BCUT2D eigenvalue weighted by Gasteiger charge is -2.37. The fourth-order valence-electron chi connectivity index (χ4n) is 4.14. The number of methoxy groups -OCH3 is 1. The van der Waals surface area contributed by atoms with Crippen LogP contribution in [0.15, 0.2) is 52.2 Å². The fraction of sp³-hybridized carbons (Fsp3) is 0.440. The van der Waals surface area contributed by atoms with Gasteiger partial charge in [0, 0.05) is 32.1 Å². The van der Waals surface area contributed by atoms with Crippen molar-refractivity contribution in [2.75, 3.05) is 39.0 Å². The quantitative estimate of drug-likeness (QED) is 0.416. The summed E-state index contributed by atoms with van der Waals surface area (Å²) in [4.78, 5) is 16.9. The number of nitriles is 1. The van der Waals surface area contributed by atoms with Crippen LogP contribution in [-0.4, -0.2) is 69.5 Å². The van der Waals surface area contributed by atoms with Crippen LogP contribution in [0.25, 0.3) is 0 Å². The van der Waals surface area contributed by atoms with Crippen molar-refractivity contribution in [3.05, 3.63) is 59.8 Å². The first-order chi connectivity index (χ1) is 17.0. The highest BCUT2D eigenvalue weighted by Gasteiger charge is 2.27. The van der Waals surface area contributed by atoms with Gasteiger partial charge < -0.3 is 14.1 Å². The zero-order valence-electron chi connectivity index (χ0n) is 20.3. The predicted octanol–water partition coefficient (Wildman–Crippen LogP) is 3.55. The number of piperazine rings is 1. The molecule has 3 heterocycles. The molecule has 1 saturated heterocycles. The molecule has 1 aliphatic heterocycles. The van der Waals surface area contributed by atoms with Crippen LogP contribution < -0.4 is 4.74 Å². The normalized spacial score (nSPS) is 15.2. The van der Waals surface area contributed by atoms with Gasteiger partial charge in [-0.3, -0.25) is 14.3 Å². The van der Waals surface area contributed by atoms with Gasteiger partial charge in [-0.1, -0.05) is 37.7 Å². The minimum absolute atomic E-state index is 0.0613. The van der Waals surface area contributed by atoms with Gasteiger partial charge in [-0.05, 0) is 29.8 Å². The van der Waals surface area contributed by atoms with Crippen molar-refractivity contribution in [2.24, 2.45) is 0 Å². The maximum atomic E-state index is 13.0. The summed E-state index contributed by atoms with van der Waals surface area (Å²) >= 11 is 1.40. The van der Waals surface area contributed by atoms with Crippen LogP contribution in [-0.2, 0) is 11.3 Å². The van der Waals surface area contributed by atoms with E-state index >= 15 is 0 Å². The van der Waals surface area contributed by atoms with Gasteiger partial charge in [0.25, 0.3) is 0 Å². The van der Waals surface area contributed by atoms with E-state index in [-0.39, 0.29) is 23.6 Å². The molecule has 184 valence electrons. The monoisotopic (exact) mass is 494 g/mol. The molecule has 9 nitrogen and oxygen atoms in total. The largest absolute Gasteiger partial charge is 0.497 e. The number of amides is 1. The Labute approximate surface area is 209 Å². The van der Waals surface area contributed by atoms with Gasteiger partial charge in [-0.2, -0.15) is 5.26 Å². The molecule has 2 aromatic heterocycles. The third-order valence-electron chi connectivity index (χ3n) is 6.07. The molecule has 1 aliphatic rings. The van der Waals surface area contributed by atoms with Crippen LogP contribution in [0.1, 0.15) is 43.0 Å². The fourth-order valence-corrected chi connectivity index (χ4v) is 4.99. The molecule has 4 rings (SSSR count). The lowest BCUT2D eigenvalue weighted by atomic mass is 10.1. The number of carbonyl (C=O) groups is 1. The number of hydrogen-bond donors (Lipinski definition) is 0. The van der Waals surface area contributed by atoms with Crippen LogP contribution in [0, 0.1) is 11.3 Å². The van der Waals surface area contributed by atoms with E-state index in [0.717, 1.165) is 22.9 Å². The standard InChI is InChI=1S/C25H30N6O3S/c1-18(2)24-27-28-25(31(24)16-21-5-4-14-34-21)35-17-23(32)30-12-10-29(11-13-30)22(15-26)19-6-8-20(33-3)9-7-19/h4-9,14,18,22H,10-13,16-17H2,1-3H3/t22-/m0/s1. The second-order valence-electron chi connectivity index (χ2n) is 8.67. The third-order valence-corrected chi connectivity index (χ3v) is 7.02. The van der Waals surface area contributed by atoms with Gasteiger partial charge in [0.1, 0.15) is 23.4 Å². The topological polar surface area (TPSA) is 100 Å². The average molecular weight is 495 g/mol. The number of benzene rings is 1. The molecular weight excluding hydrogens is 464 g/mol. The molecule has 0 spiro atoms. The van der Waals surface area contributed by atoms with Gasteiger partial charge >= 0.3 is 0 Å². The summed E-state index contributed by atoms with van der Waals surface area (Å²) in [6.07, 6.45) is 1.65. The summed E-state index contributed by atoms with van der Waals surface area (Å²) in [7, 11) is 1.62. The van der Waals surface area contributed by atoms with Gasteiger partial charge in [-0.25, -0.2) is 0 Å². The Morgan fingerprint density at radius 2 is 1.91 bits per heavy atom. The Balaban J connectivity index is 1.33. The molecular formula is C25H30N6O3S. The lowest BCUT2D eigenvalue weighted by molar-refractivity contribution is -0.130. The van der Waals surface area contributed by atoms with E-state index in [2.05, 4.69) is 35.0 Å². The number of ether oxygens (including phenoxy) is 1. The predicted molar refractivity (Wildman–Crippen MR) is 132 cm³/mol. The Hall–Kier alpha value is -3.29. The Bertz CT molecular complexity index is 1150. The number of rotatable bonds is 9. The van der Waals surface area contributed by atoms with Crippen LogP contribution in [0.5, 0.6) is 5.75 Å². The maximum Gasteiger partial charge on any atom is 0.233 e. The van der Waals surface area contributed by atoms with E-state index in [0.29, 0.717) is 37.9 Å². The van der Waals surface area contributed by atoms with E-state index in [4.69, 9.17) is 9.15 Å². The number of aromatic nitrogens is 3. The van der Waals surface area contributed by atoms with Crippen molar-refractivity contribution in [3.8, 4) is 11.8 Å². The van der Waals surface area contributed by atoms with E-state index in [1.165, 1.54) is 11.8 Å². The molecule has 0 unspecified atom stereocenters. The van der Waals surface area contributed by atoms with Gasteiger partial charge in [0.15, 0.2) is 5.16 Å². The molecule has 0 radical (unpaired) electrons. The first kappa shape index (κ1) is 24.8. The zero-order valence-corrected chi connectivity index (χ0v) is 21.1. The lowest BCUT2D eigenvalue weighted by Crippen LogP contribution is -2.50. The summed E-state index contributed by atoms with van der Waals surface area (Å²) < 4.78 is 12.7. The average Bonchev–Trinajstić information content (AvgIpc) is 3.54. The molecule has 3 aromatic rings. The molecule has 10 heteroatoms. The molecule has 0 bridgehead atoms. The second-order valence-corrected chi connectivity index (χ2v) is 9.61. The van der Waals surface area contributed by atoms with E-state index < -0.39 is 0 Å². The third kappa shape index (κ3) is 5.86. The smallest absolute Gasteiger partial charge is 0.233 e. The number of thioether (sulfide) groups is 1. The van der Waals surface area contributed by atoms with Crippen molar-refractivity contribution in [1.82, 2.24) is 24.6 Å². The highest BCUT2D eigenvalue weighted by Crippen LogP contribution is 2.26. The SMILES string of the molecule is COc1ccc([C@H](C#N)N2CCN(C(=O)CSc3nnc(C(C)C)n3Cc3ccco3)CC2)cc1. The molecule has 0 saturated carbocycles. The first-order valence-corrected chi connectivity index (χ1v) is 12.6. The molecule has 1 fully saturated rings. The van der Waals surface area contributed by atoms with Crippen LogP contribution in [0.3, 0.4) is 0 Å². The van der Waals surface area contributed by atoms with Crippen LogP contribution >= 0.6 is 11.8 Å². The van der Waals surface area contributed by atoms with Crippen molar-refractivity contribution in [2.45, 2.75) is 37.5 Å². The maximum absolute atomic E-state index is 13.0. The highest BCUT2D eigenvalue weighted by atomic mass is 32.2. The van der Waals surface area contributed by atoms with Gasteiger partial charge in [0.2, 0.25) is 5.91 Å². The van der Waals surface area contributed by atoms with E-state index in [1.54, 1.807) is 13.4 Å². The van der Waals surface area contributed by atoms with Gasteiger partial charge in [-0.15, -0.1) is 10.2 Å². The summed E-state index contributed by atoms with van der Waals surface area (Å²) in [5.74, 6) is 3.00. The minimum Gasteiger partial charge on any atom is -0.497 e. The molecule has 0 N–H and O–H groups in total. The molecule has 1 amide bonds. The number of nitrogens with zero attached hydrogens (tertiary/aromatic N) is 6. The van der Waals surface area contributed by atoms with Crippen LogP contribution in [0.4, 0.5) is 0 Å². The summed E-state index contributed by atoms with van der Waals surface area (Å²) in [6, 6.07) is 13.4. The molecule has 0 aliphatic carbocycles. The number of carbonyl (C=O) groups excluding carboxylic acids is 1. The second kappa shape index (κ2) is 11.4. The first-order valence-electron chi connectivity index (χ1n) is 11.6.